The number of hydrogen-bond acceptors (Lipinski definition) is 4. The fourth-order valence-corrected chi connectivity index (χ4v) is 2.90. The zero-order chi connectivity index (χ0) is 23.5. The van der Waals surface area contributed by atoms with Crippen molar-refractivity contribution in [3.8, 4) is 5.75 Å². The lowest BCUT2D eigenvalue weighted by molar-refractivity contribution is -0.274. The van der Waals surface area contributed by atoms with E-state index in [0.717, 1.165) is 5.69 Å². The minimum atomic E-state index is -4.76. The van der Waals surface area contributed by atoms with E-state index in [2.05, 4.69) is 24.7 Å². The summed E-state index contributed by atoms with van der Waals surface area (Å²) in [5, 5.41) is 0.0903. The van der Waals surface area contributed by atoms with Gasteiger partial charge in [0.15, 0.2) is 0 Å². The average molecular weight is 446 g/mol. The summed E-state index contributed by atoms with van der Waals surface area (Å²) in [7, 11) is 0. The average Bonchev–Trinajstić information content (AvgIpc) is 3.14. The second-order valence-electron chi connectivity index (χ2n) is 7.94. The van der Waals surface area contributed by atoms with E-state index in [1.165, 1.54) is 48.8 Å². The Labute approximate surface area is 180 Å². The summed E-state index contributed by atoms with van der Waals surface area (Å²) in [6.45, 7) is 5.98. The molecule has 3 N–H and O–H groups in total. The van der Waals surface area contributed by atoms with Crippen LogP contribution >= 0.6 is 0 Å². The number of aromatic amines is 3. The summed E-state index contributed by atoms with van der Waals surface area (Å²) in [6.07, 6.45) is 2.71. The molecule has 7 nitrogen and oxygen atoms in total. The Kier molecular flexibility index (Phi) is 6.24. The molecule has 0 aliphatic carbocycles. The first-order valence-corrected chi connectivity index (χ1v) is 9.55. The van der Waals surface area contributed by atoms with Crippen LogP contribution in [-0.4, -0.2) is 26.3 Å². The van der Waals surface area contributed by atoms with E-state index in [4.69, 9.17) is 0 Å². The molecule has 1 aromatic carbocycles. The van der Waals surface area contributed by atoms with Crippen LogP contribution in [0.3, 0.4) is 0 Å². The van der Waals surface area contributed by atoms with Crippen LogP contribution in [0.1, 0.15) is 37.7 Å². The molecular weight excluding hydrogens is 425 g/mol. The smallest absolute Gasteiger partial charge is 0.406 e. The summed E-state index contributed by atoms with van der Waals surface area (Å²) >= 11 is 0. The Balaban J connectivity index is 1.86. The molecule has 0 unspecified atom stereocenters. The largest absolute Gasteiger partial charge is 0.573 e. The molecule has 168 valence electrons. The van der Waals surface area contributed by atoms with Gasteiger partial charge in [0.05, 0.1) is 12.0 Å². The van der Waals surface area contributed by atoms with Crippen LogP contribution in [-0.2, 0) is 5.41 Å². The third kappa shape index (κ3) is 5.87. The van der Waals surface area contributed by atoms with Gasteiger partial charge in [0.2, 0.25) is 0 Å². The zero-order valence-electron chi connectivity index (χ0n) is 17.5. The van der Waals surface area contributed by atoms with Crippen molar-refractivity contribution in [1.82, 2.24) is 19.9 Å². The maximum Gasteiger partial charge on any atom is 0.573 e. The second kappa shape index (κ2) is 8.74. The Morgan fingerprint density at radius 1 is 0.969 bits per heavy atom. The van der Waals surface area contributed by atoms with Crippen molar-refractivity contribution in [2.24, 2.45) is 0 Å². The summed E-state index contributed by atoms with van der Waals surface area (Å²) < 4.78 is 40.4. The van der Waals surface area contributed by atoms with Crippen molar-refractivity contribution in [2.45, 2.75) is 32.5 Å². The van der Waals surface area contributed by atoms with Gasteiger partial charge in [0, 0.05) is 11.1 Å². The van der Waals surface area contributed by atoms with Crippen molar-refractivity contribution in [3.05, 3.63) is 85.0 Å². The van der Waals surface area contributed by atoms with E-state index in [1.54, 1.807) is 6.08 Å². The Bertz CT molecular complexity index is 1360. The molecule has 0 bridgehead atoms. The van der Waals surface area contributed by atoms with Crippen LogP contribution in [0.15, 0.2) is 46.3 Å². The number of allylic oxidation sites excluding steroid dienone is 1. The maximum atomic E-state index is 12.4. The minimum Gasteiger partial charge on any atom is -0.406 e. The van der Waals surface area contributed by atoms with Crippen molar-refractivity contribution in [2.75, 3.05) is 0 Å². The molecule has 0 atom stereocenters. The number of alkyl halides is 3. The molecule has 0 radical (unpaired) electrons. The van der Waals surface area contributed by atoms with Gasteiger partial charge < -0.3 is 19.7 Å². The molecule has 0 aliphatic heterocycles. The minimum absolute atomic E-state index is 0.0264. The van der Waals surface area contributed by atoms with E-state index in [9.17, 15) is 22.8 Å². The molecule has 3 rings (SSSR count). The SMILES string of the molecule is CC(C)(C)c1[nH]cnc1/C=c1\[nH]c(=O)/c(=C/C=C/c2ccc(OC(F)(F)F)cc2)[nH]c1=O. The number of ether oxygens (including phenoxy) is 1. The highest BCUT2D eigenvalue weighted by atomic mass is 19.4. The molecule has 2 aromatic heterocycles. The quantitative estimate of drug-likeness (QED) is 0.572. The number of imidazole rings is 1. The molecule has 3 aromatic rings. The summed E-state index contributed by atoms with van der Waals surface area (Å²) in [4.78, 5) is 37.1. The number of aromatic nitrogens is 4. The van der Waals surface area contributed by atoms with Gasteiger partial charge in [-0.3, -0.25) is 9.59 Å². The monoisotopic (exact) mass is 446 g/mol. The number of halogens is 3. The van der Waals surface area contributed by atoms with Gasteiger partial charge in [-0.15, -0.1) is 13.2 Å². The first-order chi connectivity index (χ1) is 14.9. The molecular formula is C22H21F3N4O3. The molecule has 2 heterocycles. The normalized spacial score (nSPS) is 13.8. The first kappa shape index (κ1) is 22.9. The van der Waals surface area contributed by atoms with Crippen LogP contribution in [0.5, 0.6) is 5.75 Å². The maximum absolute atomic E-state index is 12.4. The van der Waals surface area contributed by atoms with Gasteiger partial charge in [-0.25, -0.2) is 4.98 Å². The van der Waals surface area contributed by atoms with E-state index in [0.29, 0.717) is 11.3 Å². The van der Waals surface area contributed by atoms with E-state index < -0.39 is 17.5 Å². The number of nitrogens with zero attached hydrogens (tertiary/aromatic N) is 1. The summed E-state index contributed by atoms with van der Waals surface area (Å²) in [5.74, 6) is -0.335. The van der Waals surface area contributed by atoms with Gasteiger partial charge in [-0.05, 0) is 29.8 Å². The van der Waals surface area contributed by atoms with Crippen LogP contribution in [0.4, 0.5) is 13.2 Å². The van der Waals surface area contributed by atoms with Crippen LogP contribution in [0, 0.1) is 0 Å². The standard InChI is InChI=1S/C22H21F3N4O3/c1-21(2,3)18-16(26-12-27-18)11-17-20(31)28-15(19(30)29-17)6-4-5-13-7-9-14(10-8-13)32-22(23,24)25/h4-12H,1-3H3,(H,26,27)(H,28,31)(H,29,30)/b5-4+,15-6-,17-11-. The highest BCUT2D eigenvalue weighted by molar-refractivity contribution is 5.57. The molecule has 0 aliphatic rings. The summed E-state index contributed by atoms with van der Waals surface area (Å²) in [6, 6.07) is 5.20. The highest BCUT2D eigenvalue weighted by Crippen LogP contribution is 2.23. The van der Waals surface area contributed by atoms with Crippen molar-refractivity contribution >= 4 is 18.2 Å². The molecule has 32 heavy (non-hydrogen) atoms. The molecule has 0 spiro atoms. The van der Waals surface area contributed by atoms with E-state index >= 15 is 0 Å². The lowest BCUT2D eigenvalue weighted by Crippen LogP contribution is -2.46. The third-order valence-corrected chi connectivity index (χ3v) is 4.35. The molecule has 0 fully saturated rings. The summed E-state index contributed by atoms with van der Waals surface area (Å²) in [5.41, 5.74) is 0.706. The topological polar surface area (TPSA) is 104 Å². The first-order valence-electron chi connectivity index (χ1n) is 9.55. The van der Waals surface area contributed by atoms with Gasteiger partial charge >= 0.3 is 6.36 Å². The molecule has 10 heteroatoms. The second-order valence-corrected chi connectivity index (χ2v) is 7.94. The number of rotatable bonds is 4. The fourth-order valence-electron chi connectivity index (χ4n) is 2.90. The fraction of sp³-hybridized carbons (Fsp3) is 0.227. The number of benzene rings is 1. The van der Waals surface area contributed by atoms with E-state index in [1.807, 2.05) is 20.8 Å². The molecule has 0 saturated heterocycles. The molecule has 0 saturated carbocycles. The lowest BCUT2D eigenvalue weighted by Gasteiger charge is -2.16. The third-order valence-electron chi connectivity index (χ3n) is 4.35. The predicted octanol–water partition coefficient (Wildman–Crippen LogP) is 2.31. The zero-order valence-corrected chi connectivity index (χ0v) is 17.5. The van der Waals surface area contributed by atoms with Crippen molar-refractivity contribution in [3.63, 3.8) is 0 Å². The van der Waals surface area contributed by atoms with Gasteiger partial charge in [-0.1, -0.05) is 45.1 Å². The number of H-pyrrole nitrogens is 3. The van der Waals surface area contributed by atoms with Crippen molar-refractivity contribution in [1.29, 1.82) is 0 Å². The van der Waals surface area contributed by atoms with Crippen molar-refractivity contribution < 1.29 is 17.9 Å². The Hall–Kier alpha value is -3.82. The highest BCUT2D eigenvalue weighted by Gasteiger charge is 2.30. The van der Waals surface area contributed by atoms with Crippen LogP contribution < -0.4 is 26.6 Å². The lowest BCUT2D eigenvalue weighted by atomic mass is 9.90. The Morgan fingerprint density at radius 3 is 2.22 bits per heavy atom. The number of hydrogen-bond donors (Lipinski definition) is 3. The van der Waals surface area contributed by atoms with Crippen LogP contribution in [0.2, 0.25) is 0 Å². The van der Waals surface area contributed by atoms with Gasteiger partial charge in [0.25, 0.3) is 11.1 Å². The Morgan fingerprint density at radius 2 is 1.59 bits per heavy atom. The van der Waals surface area contributed by atoms with Gasteiger partial charge in [-0.2, -0.15) is 0 Å². The number of nitrogens with one attached hydrogen (secondary N) is 3. The predicted molar refractivity (Wildman–Crippen MR) is 114 cm³/mol. The van der Waals surface area contributed by atoms with Crippen LogP contribution in [0.25, 0.3) is 18.2 Å². The van der Waals surface area contributed by atoms with Gasteiger partial charge in [0.1, 0.15) is 16.4 Å². The molecule has 0 amide bonds. The van der Waals surface area contributed by atoms with E-state index in [-0.39, 0.29) is 21.9 Å².